The highest BCUT2D eigenvalue weighted by atomic mass is 16.1. The lowest BCUT2D eigenvalue weighted by atomic mass is 10.2. The molecule has 1 saturated heterocycles. The summed E-state index contributed by atoms with van der Waals surface area (Å²) >= 11 is 0. The van der Waals surface area contributed by atoms with Gasteiger partial charge in [0.05, 0.1) is 5.69 Å². The van der Waals surface area contributed by atoms with Crippen LogP contribution in [0.3, 0.4) is 0 Å². The molecule has 0 amide bonds. The van der Waals surface area contributed by atoms with Crippen LogP contribution in [0.25, 0.3) is 5.78 Å². The molecular formula is C15H22N6O. The maximum absolute atomic E-state index is 12.0. The van der Waals surface area contributed by atoms with Crippen LogP contribution in [0.2, 0.25) is 0 Å². The Morgan fingerprint density at radius 1 is 1.27 bits per heavy atom. The Kier molecular flexibility index (Phi) is 4.08. The second-order valence-corrected chi connectivity index (χ2v) is 6.04. The minimum absolute atomic E-state index is 0.110. The van der Waals surface area contributed by atoms with Crippen molar-refractivity contribution < 1.29 is 0 Å². The fourth-order valence-corrected chi connectivity index (χ4v) is 2.83. The van der Waals surface area contributed by atoms with Crippen LogP contribution in [0.5, 0.6) is 0 Å². The normalized spacial score (nSPS) is 17.2. The number of aromatic nitrogens is 4. The van der Waals surface area contributed by atoms with Crippen LogP contribution in [0, 0.1) is 6.92 Å². The van der Waals surface area contributed by atoms with Crippen molar-refractivity contribution in [1.29, 1.82) is 0 Å². The minimum atomic E-state index is -0.110. The maximum atomic E-state index is 12.0. The number of hydrogen-bond acceptors (Lipinski definition) is 5. The van der Waals surface area contributed by atoms with E-state index in [4.69, 9.17) is 0 Å². The van der Waals surface area contributed by atoms with Gasteiger partial charge in [0, 0.05) is 45.3 Å². The third-order valence-electron chi connectivity index (χ3n) is 3.84. The third kappa shape index (κ3) is 3.26. The Morgan fingerprint density at radius 2 is 1.95 bits per heavy atom. The first-order chi connectivity index (χ1) is 10.5. The number of rotatable bonds is 4. The quantitative estimate of drug-likeness (QED) is 0.829. The summed E-state index contributed by atoms with van der Waals surface area (Å²) in [6.45, 7) is 13.5. The van der Waals surface area contributed by atoms with Crippen molar-refractivity contribution in [2.75, 3.05) is 32.7 Å². The molecular weight excluding hydrogens is 280 g/mol. The monoisotopic (exact) mass is 302 g/mol. The summed E-state index contributed by atoms with van der Waals surface area (Å²) in [6, 6.07) is 1.59. The van der Waals surface area contributed by atoms with Gasteiger partial charge in [0.2, 0.25) is 0 Å². The van der Waals surface area contributed by atoms with E-state index in [9.17, 15) is 4.79 Å². The van der Waals surface area contributed by atoms with Gasteiger partial charge < -0.3 is 0 Å². The highest BCUT2D eigenvalue weighted by molar-refractivity contribution is 5.27. The van der Waals surface area contributed by atoms with E-state index in [-0.39, 0.29) is 5.56 Å². The number of nitrogens with one attached hydrogen (secondary N) is 1. The van der Waals surface area contributed by atoms with Crippen LogP contribution < -0.4 is 5.56 Å². The molecule has 1 N–H and O–H groups in total. The molecule has 3 rings (SSSR count). The van der Waals surface area contributed by atoms with Gasteiger partial charge in [-0.25, -0.2) is 4.98 Å². The average molecular weight is 302 g/mol. The molecule has 0 radical (unpaired) electrons. The molecule has 0 saturated carbocycles. The van der Waals surface area contributed by atoms with Crippen molar-refractivity contribution in [2.45, 2.75) is 20.4 Å². The van der Waals surface area contributed by atoms with Gasteiger partial charge in [-0.05, 0) is 13.8 Å². The number of aromatic amines is 1. The number of piperazine rings is 1. The standard InChI is InChI=1S/C15H22N6O/c1-11(2)9-19-4-6-20(7-5-19)10-13-8-14(22)21-15(17-13)16-12(3)18-21/h8H,1,4-7,9-10H2,2-3H3,(H,16,17,18). The Bertz CT molecular complexity index is 738. The Hall–Kier alpha value is -1.99. The topological polar surface area (TPSA) is 69.5 Å². The molecule has 118 valence electrons. The molecule has 0 atom stereocenters. The van der Waals surface area contributed by atoms with Crippen molar-refractivity contribution in [3.8, 4) is 0 Å². The number of aryl methyl sites for hydroxylation is 1. The number of hydrogen-bond donors (Lipinski definition) is 1. The zero-order valence-corrected chi connectivity index (χ0v) is 13.2. The zero-order chi connectivity index (χ0) is 15.7. The van der Waals surface area contributed by atoms with Crippen LogP contribution in [0.1, 0.15) is 18.4 Å². The van der Waals surface area contributed by atoms with E-state index in [1.54, 1.807) is 6.07 Å². The molecule has 2 aromatic heterocycles. The van der Waals surface area contributed by atoms with E-state index < -0.39 is 0 Å². The molecule has 1 fully saturated rings. The van der Waals surface area contributed by atoms with Gasteiger partial charge in [0.1, 0.15) is 5.82 Å². The van der Waals surface area contributed by atoms with Gasteiger partial charge in [-0.1, -0.05) is 12.2 Å². The van der Waals surface area contributed by atoms with E-state index >= 15 is 0 Å². The summed E-state index contributed by atoms with van der Waals surface area (Å²) < 4.78 is 1.38. The molecule has 0 aliphatic carbocycles. The van der Waals surface area contributed by atoms with Crippen LogP contribution in [0.4, 0.5) is 0 Å². The van der Waals surface area contributed by atoms with E-state index in [0.29, 0.717) is 18.1 Å². The molecule has 22 heavy (non-hydrogen) atoms. The SMILES string of the molecule is C=C(C)CN1CCN(Cc2cc(=O)n3[nH]c(C)nc3n2)CC1. The van der Waals surface area contributed by atoms with Crippen molar-refractivity contribution >= 4 is 5.78 Å². The number of fused-ring (bicyclic) bond motifs is 1. The number of nitrogens with zero attached hydrogens (tertiary/aromatic N) is 5. The highest BCUT2D eigenvalue weighted by Gasteiger charge is 2.18. The number of H-pyrrole nitrogens is 1. The first-order valence-corrected chi connectivity index (χ1v) is 7.55. The second-order valence-electron chi connectivity index (χ2n) is 6.04. The summed E-state index contributed by atoms with van der Waals surface area (Å²) in [4.78, 5) is 25.5. The van der Waals surface area contributed by atoms with Gasteiger partial charge in [0.25, 0.3) is 11.3 Å². The molecule has 7 nitrogen and oxygen atoms in total. The Balaban J connectivity index is 1.67. The Labute approximate surface area is 129 Å². The second kappa shape index (κ2) is 6.02. The van der Waals surface area contributed by atoms with Crippen molar-refractivity contribution in [3.63, 3.8) is 0 Å². The van der Waals surface area contributed by atoms with E-state index in [0.717, 1.165) is 38.4 Å². The van der Waals surface area contributed by atoms with Gasteiger partial charge in [-0.2, -0.15) is 9.50 Å². The largest absolute Gasteiger partial charge is 0.297 e. The van der Waals surface area contributed by atoms with E-state index in [2.05, 4.69) is 38.4 Å². The predicted molar refractivity (Wildman–Crippen MR) is 84.9 cm³/mol. The predicted octanol–water partition coefficient (Wildman–Crippen LogP) is 0.420. The molecule has 0 unspecified atom stereocenters. The van der Waals surface area contributed by atoms with Crippen LogP contribution in [0.15, 0.2) is 23.0 Å². The fraction of sp³-hybridized carbons (Fsp3) is 0.533. The van der Waals surface area contributed by atoms with Crippen LogP contribution in [-0.2, 0) is 6.54 Å². The van der Waals surface area contributed by atoms with Crippen molar-refractivity contribution in [2.24, 2.45) is 0 Å². The van der Waals surface area contributed by atoms with Crippen molar-refractivity contribution in [3.05, 3.63) is 40.1 Å². The Morgan fingerprint density at radius 3 is 2.64 bits per heavy atom. The lowest BCUT2D eigenvalue weighted by molar-refractivity contribution is 0.134. The lowest BCUT2D eigenvalue weighted by Crippen LogP contribution is -2.46. The zero-order valence-electron chi connectivity index (χ0n) is 13.2. The van der Waals surface area contributed by atoms with Gasteiger partial charge >= 0.3 is 0 Å². The van der Waals surface area contributed by atoms with Crippen LogP contribution >= 0.6 is 0 Å². The molecule has 0 bridgehead atoms. The molecule has 1 aliphatic heterocycles. The molecule has 7 heteroatoms. The van der Waals surface area contributed by atoms with Crippen LogP contribution in [-0.4, -0.2) is 62.1 Å². The smallest absolute Gasteiger partial charge is 0.274 e. The highest BCUT2D eigenvalue weighted by Crippen LogP contribution is 2.08. The first kappa shape index (κ1) is 14.9. The summed E-state index contributed by atoms with van der Waals surface area (Å²) in [7, 11) is 0. The van der Waals surface area contributed by atoms with E-state index in [1.165, 1.54) is 10.1 Å². The van der Waals surface area contributed by atoms with Gasteiger partial charge in [0.15, 0.2) is 0 Å². The van der Waals surface area contributed by atoms with E-state index in [1.807, 2.05) is 6.92 Å². The first-order valence-electron chi connectivity index (χ1n) is 7.55. The molecule has 0 spiro atoms. The third-order valence-corrected chi connectivity index (χ3v) is 3.84. The van der Waals surface area contributed by atoms with Gasteiger partial charge in [-0.3, -0.25) is 19.7 Å². The summed E-state index contributed by atoms with van der Waals surface area (Å²) in [5.41, 5.74) is 1.87. The summed E-state index contributed by atoms with van der Waals surface area (Å²) in [5.74, 6) is 1.14. The maximum Gasteiger partial charge on any atom is 0.274 e. The average Bonchev–Trinajstić information content (AvgIpc) is 2.81. The lowest BCUT2D eigenvalue weighted by Gasteiger charge is -2.34. The summed E-state index contributed by atoms with van der Waals surface area (Å²) in [5, 5.41) is 2.88. The van der Waals surface area contributed by atoms with Crippen molar-refractivity contribution in [1.82, 2.24) is 29.4 Å². The minimum Gasteiger partial charge on any atom is -0.297 e. The molecule has 0 aromatic carbocycles. The fourth-order valence-electron chi connectivity index (χ4n) is 2.83. The molecule has 3 heterocycles. The van der Waals surface area contributed by atoms with Gasteiger partial charge in [-0.15, -0.1) is 0 Å². The summed E-state index contributed by atoms with van der Waals surface area (Å²) in [6.07, 6.45) is 0. The molecule has 1 aliphatic rings. The molecule has 2 aromatic rings.